The van der Waals surface area contributed by atoms with Crippen molar-refractivity contribution in [2.24, 2.45) is 5.73 Å². The zero-order valence-corrected chi connectivity index (χ0v) is 20.6. The van der Waals surface area contributed by atoms with Crippen molar-refractivity contribution >= 4 is 11.7 Å². The van der Waals surface area contributed by atoms with Crippen LogP contribution < -0.4 is 5.73 Å². The van der Waals surface area contributed by atoms with Gasteiger partial charge in [-0.3, -0.25) is 9.59 Å². The van der Waals surface area contributed by atoms with Gasteiger partial charge in [0.2, 0.25) is 5.91 Å². The predicted octanol–water partition coefficient (Wildman–Crippen LogP) is 7.49. The van der Waals surface area contributed by atoms with Gasteiger partial charge in [-0.2, -0.15) is 0 Å². The molecule has 0 fully saturated rings. The van der Waals surface area contributed by atoms with Crippen LogP contribution in [0.1, 0.15) is 143 Å². The highest BCUT2D eigenvalue weighted by Crippen LogP contribution is 2.22. The number of rotatable bonds is 20. The summed E-state index contributed by atoms with van der Waals surface area (Å²) in [6, 6.07) is 0. The zero-order valence-electron chi connectivity index (χ0n) is 20.6. The molecule has 0 bridgehead atoms. The minimum absolute atomic E-state index is 0.228. The van der Waals surface area contributed by atoms with Crippen LogP contribution in [0, 0.1) is 13.8 Å². The average Bonchev–Trinajstić information content (AvgIpc) is 3.02. The molecule has 0 aliphatic carbocycles. The number of H-pyrrole nitrogens is 1. The molecule has 3 N–H and O–H groups in total. The van der Waals surface area contributed by atoms with Crippen LogP contribution in [0.2, 0.25) is 0 Å². The third-order valence-corrected chi connectivity index (χ3v) is 6.45. The molecule has 0 atom stereocenters. The minimum atomic E-state index is -0.308. The first kappa shape index (κ1) is 27.5. The summed E-state index contributed by atoms with van der Waals surface area (Å²) >= 11 is 0. The second-order valence-corrected chi connectivity index (χ2v) is 9.32. The summed E-state index contributed by atoms with van der Waals surface area (Å²) in [4.78, 5) is 27.0. The van der Waals surface area contributed by atoms with E-state index in [0.717, 1.165) is 35.4 Å². The van der Waals surface area contributed by atoms with Crippen LogP contribution in [0.15, 0.2) is 0 Å². The minimum Gasteiger partial charge on any atom is -0.370 e. The molecule has 0 unspecified atom stereocenters. The lowest BCUT2D eigenvalue weighted by Gasteiger charge is -2.04. The van der Waals surface area contributed by atoms with Crippen molar-refractivity contribution in [3.05, 3.63) is 22.5 Å². The van der Waals surface area contributed by atoms with Crippen LogP contribution in [0.5, 0.6) is 0 Å². The highest BCUT2D eigenvalue weighted by Gasteiger charge is 2.17. The highest BCUT2D eigenvalue weighted by atomic mass is 16.1. The topological polar surface area (TPSA) is 75.9 Å². The van der Waals surface area contributed by atoms with Crippen LogP contribution >= 0.6 is 0 Å². The molecular formula is C27H48N2O2. The molecule has 1 aromatic heterocycles. The molecule has 31 heavy (non-hydrogen) atoms. The first-order valence-corrected chi connectivity index (χ1v) is 13.0. The predicted molar refractivity (Wildman–Crippen MR) is 132 cm³/mol. The number of Topliss-reactive ketones (excluding diaryl/α,β-unsaturated/α-hetero) is 1. The zero-order chi connectivity index (χ0) is 22.9. The Kier molecular flexibility index (Phi) is 15.1. The Labute approximate surface area is 191 Å². The SMILES string of the molecule is CCCCCCCCCCCCCCCCCC(=O)c1c(C)[nH]c(CCC(N)=O)c1C. The number of carbonyl (C=O) groups is 2. The number of primary amides is 1. The monoisotopic (exact) mass is 432 g/mol. The van der Waals surface area contributed by atoms with Crippen molar-refractivity contribution in [1.82, 2.24) is 4.98 Å². The van der Waals surface area contributed by atoms with E-state index in [9.17, 15) is 9.59 Å². The van der Waals surface area contributed by atoms with E-state index in [1.54, 1.807) is 0 Å². The van der Waals surface area contributed by atoms with Gasteiger partial charge in [-0.25, -0.2) is 0 Å². The Morgan fingerprint density at radius 1 is 0.710 bits per heavy atom. The van der Waals surface area contributed by atoms with Gasteiger partial charge in [-0.15, -0.1) is 0 Å². The highest BCUT2D eigenvalue weighted by molar-refractivity contribution is 5.98. The van der Waals surface area contributed by atoms with Gasteiger partial charge in [0.1, 0.15) is 0 Å². The van der Waals surface area contributed by atoms with E-state index in [2.05, 4.69) is 11.9 Å². The van der Waals surface area contributed by atoms with Gasteiger partial charge in [0.05, 0.1) is 0 Å². The number of nitrogens with two attached hydrogens (primary N) is 1. The molecule has 1 heterocycles. The fourth-order valence-electron chi connectivity index (χ4n) is 4.51. The van der Waals surface area contributed by atoms with Gasteiger partial charge in [-0.05, 0) is 32.3 Å². The van der Waals surface area contributed by atoms with Crippen molar-refractivity contribution in [3.63, 3.8) is 0 Å². The fourth-order valence-corrected chi connectivity index (χ4v) is 4.51. The maximum Gasteiger partial charge on any atom is 0.217 e. The Hall–Kier alpha value is -1.58. The molecule has 0 aliphatic rings. The van der Waals surface area contributed by atoms with Gasteiger partial charge in [-0.1, -0.05) is 96.8 Å². The van der Waals surface area contributed by atoms with Gasteiger partial charge in [0.15, 0.2) is 5.78 Å². The molecular weight excluding hydrogens is 384 g/mol. The van der Waals surface area contributed by atoms with Crippen LogP contribution in [0.4, 0.5) is 0 Å². The summed E-state index contributed by atoms with van der Waals surface area (Å²) in [5.74, 6) is -0.0800. The molecule has 1 rings (SSSR count). The number of carbonyl (C=O) groups excluding carboxylic acids is 2. The van der Waals surface area contributed by atoms with Crippen molar-refractivity contribution in [2.45, 2.75) is 136 Å². The lowest BCUT2D eigenvalue weighted by molar-refractivity contribution is -0.118. The molecule has 0 saturated heterocycles. The molecule has 1 aromatic rings. The largest absolute Gasteiger partial charge is 0.370 e. The Morgan fingerprint density at radius 3 is 1.61 bits per heavy atom. The Morgan fingerprint density at radius 2 is 1.16 bits per heavy atom. The van der Waals surface area contributed by atoms with Gasteiger partial charge >= 0.3 is 0 Å². The van der Waals surface area contributed by atoms with Crippen LogP contribution in [0.25, 0.3) is 0 Å². The Bertz CT molecular complexity index is 633. The first-order valence-electron chi connectivity index (χ1n) is 13.0. The molecule has 0 spiro atoms. The summed E-state index contributed by atoms with van der Waals surface area (Å²) in [6.45, 7) is 6.19. The van der Waals surface area contributed by atoms with Crippen LogP contribution in [-0.4, -0.2) is 16.7 Å². The third kappa shape index (κ3) is 12.1. The van der Waals surface area contributed by atoms with E-state index in [-0.39, 0.29) is 11.7 Å². The number of ketones is 1. The number of hydrogen-bond donors (Lipinski definition) is 2. The second-order valence-electron chi connectivity index (χ2n) is 9.32. The maximum atomic E-state index is 12.7. The molecule has 4 nitrogen and oxygen atoms in total. The quantitative estimate of drug-likeness (QED) is 0.165. The van der Waals surface area contributed by atoms with Crippen molar-refractivity contribution in [1.29, 1.82) is 0 Å². The Balaban J connectivity index is 2.04. The number of aryl methyl sites for hydroxylation is 2. The van der Waals surface area contributed by atoms with Crippen LogP contribution in [-0.2, 0) is 11.2 Å². The second kappa shape index (κ2) is 17.0. The number of unbranched alkanes of at least 4 members (excludes halogenated alkanes) is 14. The van der Waals surface area contributed by atoms with E-state index in [4.69, 9.17) is 5.73 Å². The summed E-state index contributed by atoms with van der Waals surface area (Å²) in [6.07, 6.45) is 21.5. The van der Waals surface area contributed by atoms with E-state index >= 15 is 0 Å². The van der Waals surface area contributed by atoms with Gasteiger partial charge < -0.3 is 10.7 Å². The maximum absolute atomic E-state index is 12.7. The summed E-state index contributed by atoms with van der Waals surface area (Å²) in [5.41, 5.74) is 8.95. The lowest BCUT2D eigenvalue weighted by Crippen LogP contribution is -2.11. The molecule has 0 saturated carbocycles. The van der Waals surface area contributed by atoms with Crippen molar-refractivity contribution < 1.29 is 9.59 Å². The molecule has 1 amide bonds. The molecule has 0 aromatic carbocycles. The van der Waals surface area contributed by atoms with Gasteiger partial charge in [0, 0.05) is 29.8 Å². The van der Waals surface area contributed by atoms with Crippen molar-refractivity contribution in [3.8, 4) is 0 Å². The summed E-state index contributed by atoms with van der Waals surface area (Å²) in [7, 11) is 0. The smallest absolute Gasteiger partial charge is 0.217 e. The number of amides is 1. The molecule has 178 valence electrons. The molecule has 0 aliphatic heterocycles. The molecule has 4 heteroatoms. The molecule has 0 radical (unpaired) electrons. The third-order valence-electron chi connectivity index (χ3n) is 6.45. The van der Waals surface area contributed by atoms with E-state index in [1.165, 1.54) is 83.5 Å². The average molecular weight is 433 g/mol. The summed E-state index contributed by atoms with van der Waals surface area (Å²) < 4.78 is 0. The normalized spacial score (nSPS) is 11.2. The lowest BCUT2D eigenvalue weighted by atomic mass is 9.99. The summed E-state index contributed by atoms with van der Waals surface area (Å²) in [5, 5.41) is 0. The van der Waals surface area contributed by atoms with E-state index < -0.39 is 0 Å². The van der Waals surface area contributed by atoms with E-state index in [0.29, 0.717) is 19.3 Å². The fraction of sp³-hybridized carbons (Fsp3) is 0.778. The number of nitrogens with one attached hydrogen (secondary N) is 1. The number of aromatic amines is 1. The standard InChI is InChI=1S/C27H48N2O2/c1-4-5-6-7-8-9-10-11-12-13-14-15-16-17-18-19-25(30)27-22(2)24(29-23(27)3)20-21-26(28)31/h29H,4-21H2,1-3H3,(H2,28,31). The van der Waals surface area contributed by atoms with E-state index in [1.807, 2.05) is 13.8 Å². The van der Waals surface area contributed by atoms with Crippen molar-refractivity contribution in [2.75, 3.05) is 0 Å². The van der Waals surface area contributed by atoms with Crippen LogP contribution in [0.3, 0.4) is 0 Å². The number of hydrogen-bond acceptors (Lipinski definition) is 2. The first-order chi connectivity index (χ1) is 15.0. The number of aromatic nitrogens is 1. The van der Waals surface area contributed by atoms with Gasteiger partial charge in [0.25, 0.3) is 0 Å².